The van der Waals surface area contributed by atoms with Gasteiger partial charge in [0.1, 0.15) is 0 Å². The fourth-order valence-corrected chi connectivity index (χ4v) is 2.40. The molecule has 0 aliphatic carbocycles. The number of hydrogen-bond acceptors (Lipinski definition) is 2. The van der Waals surface area contributed by atoms with Crippen molar-refractivity contribution < 1.29 is 0 Å². The lowest BCUT2D eigenvalue weighted by atomic mass is 9.99. The third kappa shape index (κ3) is 3.90. The van der Waals surface area contributed by atoms with E-state index in [-0.39, 0.29) is 0 Å². The van der Waals surface area contributed by atoms with Crippen LogP contribution in [0.4, 0.5) is 0 Å². The minimum atomic E-state index is 0.457. The van der Waals surface area contributed by atoms with Crippen LogP contribution in [0.3, 0.4) is 0 Å². The lowest BCUT2D eigenvalue weighted by molar-refractivity contribution is 0.537. The molecule has 0 spiro atoms. The molecule has 100 valence electrons. The predicted octanol–water partition coefficient (Wildman–Crippen LogP) is 3.73. The maximum absolute atomic E-state index is 4.17. The summed E-state index contributed by atoms with van der Waals surface area (Å²) < 4.78 is 0. The highest BCUT2D eigenvalue weighted by atomic mass is 14.9. The topological polar surface area (TPSA) is 24.9 Å². The van der Waals surface area contributed by atoms with E-state index in [4.69, 9.17) is 0 Å². The molecule has 19 heavy (non-hydrogen) atoms. The molecule has 0 aliphatic rings. The standard InChI is InChI=1S/C17H22N2/c1-3-17(19-4-2)16-9-5-7-14(12-16)11-15-8-6-10-18-13-15/h5-10,12-13,17,19H,3-4,11H2,1-2H3. The highest BCUT2D eigenvalue weighted by Crippen LogP contribution is 2.19. The van der Waals surface area contributed by atoms with Crippen molar-refractivity contribution in [1.29, 1.82) is 0 Å². The summed E-state index contributed by atoms with van der Waals surface area (Å²) in [7, 11) is 0. The Kier molecular flexibility index (Phi) is 5.10. The second-order valence-corrected chi connectivity index (χ2v) is 4.80. The van der Waals surface area contributed by atoms with Gasteiger partial charge in [-0.1, -0.05) is 44.2 Å². The third-order valence-electron chi connectivity index (χ3n) is 3.34. The van der Waals surface area contributed by atoms with Crippen LogP contribution in [0.2, 0.25) is 0 Å². The van der Waals surface area contributed by atoms with Crippen LogP contribution in [0.25, 0.3) is 0 Å². The van der Waals surface area contributed by atoms with Crippen LogP contribution in [-0.4, -0.2) is 11.5 Å². The zero-order valence-corrected chi connectivity index (χ0v) is 11.8. The minimum absolute atomic E-state index is 0.457. The van der Waals surface area contributed by atoms with Crippen molar-refractivity contribution in [3.8, 4) is 0 Å². The Morgan fingerprint density at radius 1 is 1.11 bits per heavy atom. The Bertz CT molecular complexity index is 494. The number of benzene rings is 1. The van der Waals surface area contributed by atoms with Crippen molar-refractivity contribution in [2.24, 2.45) is 0 Å². The third-order valence-corrected chi connectivity index (χ3v) is 3.34. The molecule has 1 atom stereocenters. The van der Waals surface area contributed by atoms with Crippen molar-refractivity contribution in [2.45, 2.75) is 32.7 Å². The van der Waals surface area contributed by atoms with E-state index >= 15 is 0 Å². The summed E-state index contributed by atoms with van der Waals surface area (Å²) in [5, 5.41) is 3.53. The van der Waals surface area contributed by atoms with Gasteiger partial charge in [-0.05, 0) is 42.1 Å². The van der Waals surface area contributed by atoms with Gasteiger partial charge < -0.3 is 5.32 Å². The lowest BCUT2D eigenvalue weighted by Crippen LogP contribution is -2.20. The minimum Gasteiger partial charge on any atom is -0.310 e. The van der Waals surface area contributed by atoms with Crippen LogP contribution in [0.15, 0.2) is 48.8 Å². The molecule has 1 heterocycles. The summed E-state index contributed by atoms with van der Waals surface area (Å²) >= 11 is 0. The van der Waals surface area contributed by atoms with Crippen molar-refractivity contribution in [3.63, 3.8) is 0 Å². The van der Waals surface area contributed by atoms with Gasteiger partial charge in [-0.25, -0.2) is 0 Å². The second-order valence-electron chi connectivity index (χ2n) is 4.80. The van der Waals surface area contributed by atoms with Crippen LogP contribution in [-0.2, 0) is 6.42 Å². The number of hydrogen-bond donors (Lipinski definition) is 1. The molecule has 0 bridgehead atoms. The summed E-state index contributed by atoms with van der Waals surface area (Å²) in [6, 6.07) is 13.4. The van der Waals surface area contributed by atoms with Crippen LogP contribution in [0, 0.1) is 0 Å². The Hall–Kier alpha value is -1.67. The van der Waals surface area contributed by atoms with Crippen molar-refractivity contribution in [2.75, 3.05) is 6.54 Å². The van der Waals surface area contributed by atoms with E-state index in [2.05, 4.69) is 54.5 Å². The molecule has 1 aromatic heterocycles. The van der Waals surface area contributed by atoms with E-state index in [0.29, 0.717) is 6.04 Å². The first-order chi connectivity index (χ1) is 9.33. The summed E-state index contributed by atoms with van der Waals surface area (Å²) in [6.45, 7) is 5.38. The van der Waals surface area contributed by atoms with Crippen molar-refractivity contribution >= 4 is 0 Å². The van der Waals surface area contributed by atoms with Crippen LogP contribution in [0.1, 0.15) is 43.0 Å². The maximum atomic E-state index is 4.17. The molecule has 0 saturated heterocycles. The first kappa shape index (κ1) is 13.8. The van der Waals surface area contributed by atoms with Crippen LogP contribution < -0.4 is 5.32 Å². The molecule has 2 aromatic rings. The first-order valence-electron chi connectivity index (χ1n) is 7.04. The first-order valence-corrected chi connectivity index (χ1v) is 7.04. The van der Waals surface area contributed by atoms with E-state index in [9.17, 15) is 0 Å². The smallest absolute Gasteiger partial charge is 0.0317 e. The van der Waals surface area contributed by atoms with Gasteiger partial charge >= 0.3 is 0 Å². The van der Waals surface area contributed by atoms with Gasteiger partial charge in [0.05, 0.1) is 0 Å². The number of pyridine rings is 1. The number of rotatable bonds is 6. The van der Waals surface area contributed by atoms with Crippen molar-refractivity contribution in [3.05, 3.63) is 65.5 Å². The normalized spacial score (nSPS) is 12.3. The van der Waals surface area contributed by atoms with Gasteiger partial charge in [0.15, 0.2) is 0 Å². The summed E-state index contributed by atoms with van der Waals surface area (Å²) in [5.41, 5.74) is 3.99. The van der Waals surface area contributed by atoms with Crippen LogP contribution >= 0.6 is 0 Å². The number of nitrogens with zero attached hydrogens (tertiary/aromatic N) is 1. The van der Waals surface area contributed by atoms with Gasteiger partial charge in [-0.2, -0.15) is 0 Å². The zero-order valence-electron chi connectivity index (χ0n) is 11.8. The van der Waals surface area contributed by atoms with Gasteiger partial charge in [-0.3, -0.25) is 4.98 Å². The fraction of sp³-hybridized carbons (Fsp3) is 0.353. The molecule has 0 amide bonds. The van der Waals surface area contributed by atoms with E-state index in [0.717, 1.165) is 19.4 Å². The molecule has 1 aromatic carbocycles. The molecule has 2 rings (SSSR count). The maximum Gasteiger partial charge on any atom is 0.0317 e. The Morgan fingerprint density at radius 3 is 2.63 bits per heavy atom. The largest absolute Gasteiger partial charge is 0.310 e. The molecular formula is C17H22N2. The zero-order chi connectivity index (χ0) is 13.5. The number of aromatic nitrogens is 1. The Balaban J connectivity index is 2.15. The van der Waals surface area contributed by atoms with E-state index in [1.807, 2.05) is 18.5 Å². The van der Waals surface area contributed by atoms with Gasteiger partial charge in [0.2, 0.25) is 0 Å². The average Bonchev–Trinajstić information content (AvgIpc) is 2.46. The number of nitrogens with one attached hydrogen (secondary N) is 1. The summed E-state index contributed by atoms with van der Waals surface area (Å²) in [6.07, 6.45) is 5.82. The van der Waals surface area contributed by atoms with Crippen molar-refractivity contribution in [1.82, 2.24) is 10.3 Å². The van der Waals surface area contributed by atoms with E-state index in [1.165, 1.54) is 16.7 Å². The second kappa shape index (κ2) is 7.05. The molecule has 1 unspecified atom stereocenters. The predicted molar refractivity (Wildman–Crippen MR) is 80.2 cm³/mol. The monoisotopic (exact) mass is 254 g/mol. The average molecular weight is 254 g/mol. The van der Waals surface area contributed by atoms with Gasteiger partial charge in [0, 0.05) is 18.4 Å². The Labute approximate surface area is 115 Å². The molecule has 2 nitrogen and oxygen atoms in total. The fourth-order valence-electron chi connectivity index (χ4n) is 2.40. The lowest BCUT2D eigenvalue weighted by Gasteiger charge is -2.17. The molecule has 0 fully saturated rings. The highest BCUT2D eigenvalue weighted by Gasteiger charge is 2.08. The van der Waals surface area contributed by atoms with Crippen LogP contribution in [0.5, 0.6) is 0 Å². The molecule has 2 heteroatoms. The molecule has 0 radical (unpaired) electrons. The summed E-state index contributed by atoms with van der Waals surface area (Å²) in [4.78, 5) is 4.17. The van der Waals surface area contributed by atoms with Gasteiger partial charge in [-0.15, -0.1) is 0 Å². The SMILES string of the molecule is CCNC(CC)c1cccc(Cc2cccnc2)c1. The molecule has 1 N–H and O–H groups in total. The molecule has 0 aliphatic heterocycles. The molecular weight excluding hydrogens is 232 g/mol. The van der Waals surface area contributed by atoms with E-state index < -0.39 is 0 Å². The van der Waals surface area contributed by atoms with Gasteiger partial charge in [0.25, 0.3) is 0 Å². The quantitative estimate of drug-likeness (QED) is 0.849. The van der Waals surface area contributed by atoms with E-state index in [1.54, 1.807) is 0 Å². The Morgan fingerprint density at radius 2 is 1.95 bits per heavy atom. The summed E-state index contributed by atoms with van der Waals surface area (Å²) in [5.74, 6) is 0. The molecule has 0 saturated carbocycles. The highest BCUT2D eigenvalue weighted by molar-refractivity contribution is 5.30.